The molecule has 1 aliphatic heterocycles. The van der Waals surface area contributed by atoms with E-state index in [1.165, 1.54) is 5.56 Å². The summed E-state index contributed by atoms with van der Waals surface area (Å²) in [7, 11) is 0. The molecule has 2 fully saturated rings. The molecule has 2 aromatic rings. The third kappa shape index (κ3) is 3.72. The van der Waals surface area contributed by atoms with Gasteiger partial charge in [-0.3, -0.25) is 9.69 Å². The van der Waals surface area contributed by atoms with Gasteiger partial charge in [0.25, 0.3) is 0 Å². The first-order chi connectivity index (χ1) is 12.1. The minimum atomic E-state index is -0.185. The van der Waals surface area contributed by atoms with Gasteiger partial charge in [0.2, 0.25) is 5.91 Å². The zero-order valence-electron chi connectivity index (χ0n) is 14.3. The lowest BCUT2D eigenvalue weighted by molar-refractivity contribution is -0.139. The lowest BCUT2D eigenvalue weighted by Gasteiger charge is -2.36. The maximum absolute atomic E-state index is 13.0. The number of aromatic nitrogens is 2. The zero-order valence-corrected chi connectivity index (χ0v) is 15.0. The molecule has 1 aromatic heterocycles. The summed E-state index contributed by atoms with van der Waals surface area (Å²) < 4.78 is 2.03. The second kappa shape index (κ2) is 6.81. The number of carbonyl (C=O) groups excluding carboxylic acids is 1. The van der Waals surface area contributed by atoms with Crippen LogP contribution in [0.15, 0.2) is 43.0 Å². The van der Waals surface area contributed by atoms with Gasteiger partial charge in [-0.05, 0) is 30.5 Å². The summed E-state index contributed by atoms with van der Waals surface area (Å²) in [4.78, 5) is 21.5. The molecule has 2 aliphatic rings. The Morgan fingerprint density at radius 1 is 1.20 bits per heavy atom. The summed E-state index contributed by atoms with van der Waals surface area (Å²) in [5.41, 5.74) is 1.04. The summed E-state index contributed by atoms with van der Waals surface area (Å²) in [5.74, 6) is 0.323. The average molecular weight is 359 g/mol. The van der Waals surface area contributed by atoms with Gasteiger partial charge in [0.1, 0.15) is 0 Å². The summed E-state index contributed by atoms with van der Waals surface area (Å²) in [6.45, 7) is 5.10. The number of halogens is 1. The number of carbonyl (C=O) groups is 1. The maximum atomic E-state index is 13.0. The van der Waals surface area contributed by atoms with Crippen molar-refractivity contribution in [1.82, 2.24) is 19.4 Å². The van der Waals surface area contributed by atoms with Gasteiger partial charge in [-0.15, -0.1) is 0 Å². The second-order valence-electron chi connectivity index (χ2n) is 7.21. The molecule has 0 unspecified atom stereocenters. The second-order valence-corrected chi connectivity index (χ2v) is 7.65. The molecule has 6 heteroatoms. The highest BCUT2D eigenvalue weighted by molar-refractivity contribution is 6.30. The number of nitrogens with zero attached hydrogens (tertiary/aromatic N) is 4. The largest absolute Gasteiger partial charge is 0.340 e. The Labute approximate surface area is 153 Å². The number of piperazine rings is 1. The van der Waals surface area contributed by atoms with Gasteiger partial charge in [0, 0.05) is 56.7 Å². The van der Waals surface area contributed by atoms with Crippen LogP contribution < -0.4 is 0 Å². The molecule has 5 nitrogen and oxygen atoms in total. The Balaban J connectivity index is 1.32. The molecule has 25 heavy (non-hydrogen) atoms. The molecule has 0 atom stereocenters. The lowest BCUT2D eigenvalue weighted by atomic mass is 10.0. The topological polar surface area (TPSA) is 41.4 Å². The monoisotopic (exact) mass is 358 g/mol. The van der Waals surface area contributed by atoms with E-state index in [0.29, 0.717) is 5.91 Å². The highest BCUT2D eigenvalue weighted by Gasteiger charge is 2.52. The molecule has 1 aromatic carbocycles. The van der Waals surface area contributed by atoms with Crippen molar-refractivity contribution in [2.45, 2.75) is 25.9 Å². The Hall–Kier alpha value is -1.85. The van der Waals surface area contributed by atoms with E-state index in [2.05, 4.69) is 20.9 Å². The predicted octanol–water partition coefficient (Wildman–Crippen LogP) is 2.66. The highest BCUT2D eigenvalue weighted by atomic mass is 35.5. The molecule has 1 aliphatic carbocycles. The van der Waals surface area contributed by atoms with E-state index in [-0.39, 0.29) is 5.41 Å². The van der Waals surface area contributed by atoms with Crippen molar-refractivity contribution in [3.63, 3.8) is 0 Å². The molecular weight excluding hydrogens is 336 g/mol. The minimum Gasteiger partial charge on any atom is -0.340 e. The van der Waals surface area contributed by atoms with E-state index in [4.69, 9.17) is 11.6 Å². The molecule has 1 saturated heterocycles. The van der Waals surface area contributed by atoms with Crippen LogP contribution >= 0.6 is 11.6 Å². The number of hydrogen-bond donors (Lipinski definition) is 0. The van der Waals surface area contributed by atoms with Crippen LogP contribution in [-0.4, -0.2) is 51.4 Å². The van der Waals surface area contributed by atoms with Crippen LogP contribution in [0.2, 0.25) is 5.02 Å². The summed E-state index contributed by atoms with van der Waals surface area (Å²) >= 11 is 6.06. The van der Waals surface area contributed by atoms with Crippen molar-refractivity contribution in [3.8, 4) is 0 Å². The Kier molecular flexibility index (Phi) is 4.52. The van der Waals surface area contributed by atoms with Crippen LogP contribution in [0.25, 0.3) is 0 Å². The van der Waals surface area contributed by atoms with Gasteiger partial charge >= 0.3 is 0 Å². The zero-order chi connectivity index (χ0) is 17.3. The van der Waals surface area contributed by atoms with Crippen molar-refractivity contribution in [2.24, 2.45) is 5.41 Å². The van der Waals surface area contributed by atoms with Crippen molar-refractivity contribution >= 4 is 17.5 Å². The van der Waals surface area contributed by atoms with Crippen LogP contribution in [0.3, 0.4) is 0 Å². The molecule has 132 valence electrons. The van der Waals surface area contributed by atoms with Gasteiger partial charge < -0.3 is 9.47 Å². The van der Waals surface area contributed by atoms with Gasteiger partial charge in [-0.2, -0.15) is 0 Å². The fourth-order valence-electron chi connectivity index (χ4n) is 3.66. The minimum absolute atomic E-state index is 0.185. The molecule has 0 bridgehead atoms. The Bertz CT molecular complexity index is 734. The van der Waals surface area contributed by atoms with E-state index >= 15 is 0 Å². The third-order valence-electron chi connectivity index (χ3n) is 5.31. The van der Waals surface area contributed by atoms with Gasteiger partial charge in [0.05, 0.1) is 11.7 Å². The van der Waals surface area contributed by atoms with Crippen molar-refractivity contribution in [1.29, 1.82) is 0 Å². The van der Waals surface area contributed by atoms with Gasteiger partial charge in [0.15, 0.2) is 0 Å². The first kappa shape index (κ1) is 16.6. The fourth-order valence-corrected chi connectivity index (χ4v) is 3.87. The molecule has 0 N–H and O–H groups in total. The van der Waals surface area contributed by atoms with E-state index in [9.17, 15) is 4.79 Å². The number of amides is 1. The highest BCUT2D eigenvalue weighted by Crippen LogP contribution is 2.48. The number of benzene rings is 1. The normalized spacial score (nSPS) is 19.8. The van der Waals surface area contributed by atoms with Gasteiger partial charge in [-0.25, -0.2) is 4.98 Å². The van der Waals surface area contributed by atoms with E-state index in [1.807, 2.05) is 29.0 Å². The summed E-state index contributed by atoms with van der Waals surface area (Å²) in [5, 5.41) is 0.779. The van der Waals surface area contributed by atoms with Crippen LogP contribution in [0.5, 0.6) is 0 Å². The standard InChI is InChI=1S/C19H23ClN4O/c20-17-3-1-2-16(12-17)13-22-8-10-24(11-9-22)18(25)19(4-5-19)14-23-7-6-21-15-23/h1-3,6-7,12,15H,4-5,8-11,13-14H2. The van der Waals surface area contributed by atoms with Crippen LogP contribution in [0.1, 0.15) is 18.4 Å². The van der Waals surface area contributed by atoms with E-state index in [0.717, 1.165) is 57.1 Å². The van der Waals surface area contributed by atoms with Gasteiger partial charge in [-0.1, -0.05) is 23.7 Å². The molecule has 2 heterocycles. The smallest absolute Gasteiger partial charge is 0.230 e. The average Bonchev–Trinajstić information content (AvgIpc) is 3.21. The summed E-state index contributed by atoms with van der Waals surface area (Å²) in [6.07, 6.45) is 7.50. The first-order valence-corrected chi connectivity index (χ1v) is 9.24. The number of imidazole rings is 1. The van der Waals surface area contributed by atoms with E-state index in [1.54, 1.807) is 12.5 Å². The number of rotatable bonds is 5. The molecule has 1 saturated carbocycles. The van der Waals surface area contributed by atoms with Crippen molar-refractivity contribution < 1.29 is 4.79 Å². The fraction of sp³-hybridized carbons (Fsp3) is 0.474. The van der Waals surface area contributed by atoms with Crippen molar-refractivity contribution in [2.75, 3.05) is 26.2 Å². The Morgan fingerprint density at radius 3 is 2.64 bits per heavy atom. The maximum Gasteiger partial charge on any atom is 0.230 e. The molecule has 1 amide bonds. The molecule has 0 radical (unpaired) electrons. The van der Waals surface area contributed by atoms with Crippen molar-refractivity contribution in [3.05, 3.63) is 53.6 Å². The Morgan fingerprint density at radius 2 is 2.00 bits per heavy atom. The number of hydrogen-bond acceptors (Lipinski definition) is 3. The SMILES string of the molecule is O=C(N1CCN(Cc2cccc(Cl)c2)CC1)C1(Cn2ccnc2)CC1. The lowest BCUT2D eigenvalue weighted by Crippen LogP contribution is -2.51. The first-order valence-electron chi connectivity index (χ1n) is 8.87. The van der Waals surface area contributed by atoms with Crippen LogP contribution in [0.4, 0.5) is 0 Å². The third-order valence-corrected chi connectivity index (χ3v) is 5.54. The van der Waals surface area contributed by atoms with E-state index < -0.39 is 0 Å². The molecule has 4 rings (SSSR count). The molecule has 0 spiro atoms. The molecular formula is C19H23ClN4O. The summed E-state index contributed by atoms with van der Waals surface area (Å²) in [6, 6.07) is 8.01. The van der Waals surface area contributed by atoms with Crippen LogP contribution in [0, 0.1) is 5.41 Å². The quantitative estimate of drug-likeness (QED) is 0.825. The van der Waals surface area contributed by atoms with Crippen LogP contribution in [-0.2, 0) is 17.9 Å². The predicted molar refractivity (Wildman–Crippen MR) is 97.2 cm³/mol.